The maximum Gasteiger partial charge on any atom is 0.230 e. The first-order valence-electron chi connectivity index (χ1n) is 8.63. The number of benzene rings is 1. The summed E-state index contributed by atoms with van der Waals surface area (Å²) in [7, 11) is 3.27. The van der Waals surface area contributed by atoms with Crippen LogP contribution >= 0.6 is 11.6 Å². The first-order chi connectivity index (χ1) is 12.7. The van der Waals surface area contributed by atoms with Gasteiger partial charge >= 0.3 is 0 Å². The minimum absolute atomic E-state index is 0.239. The van der Waals surface area contributed by atoms with Crippen molar-refractivity contribution in [2.45, 2.75) is 19.3 Å². The van der Waals surface area contributed by atoms with Crippen molar-refractivity contribution in [1.29, 1.82) is 0 Å². The molecule has 7 nitrogen and oxygen atoms in total. The SMILES string of the molecule is COc1ccc(CCCc2nc(Cl)nc(N3CCOCC3)n2)cc1OC. The lowest BCUT2D eigenvalue weighted by atomic mass is 10.1. The molecule has 0 atom stereocenters. The number of morpholine rings is 1. The molecule has 0 amide bonds. The first kappa shape index (κ1) is 18.7. The van der Waals surface area contributed by atoms with Gasteiger partial charge in [-0.2, -0.15) is 9.97 Å². The number of aryl methyl sites for hydroxylation is 2. The summed E-state index contributed by atoms with van der Waals surface area (Å²) in [4.78, 5) is 15.2. The molecule has 8 heteroatoms. The zero-order chi connectivity index (χ0) is 18.4. The van der Waals surface area contributed by atoms with Crippen LogP contribution < -0.4 is 14.4 Å². The van der Waals surface area contributed by atoms with Crippen LogP contribution in [0.1, 0.15) is 17.8 Å². The van der Waals surface area contributed by atoms with Gasteiger partial charge in [-0.15, -0.1) is 0 Å². The van der Waals surface area contributed by atoms with E-state index in [4.69, 9.17) is 25.8 Å². The minimum Gasteiger partial charge on any atom is -0.493 e. The third-order valence-corrected chi connectivity index (χ3v) is 4.42. The number of methoxy groups -OCH3 is 2. The molecule has 3 rings (SSSR count). The van der Waals surface area contributed by atoms with Gasteiger partial charge in [0.25, 0.3) is 0 Å². The Morgan fingerprint density at radius 1 is 1.04 bits per heavy atom. The van der Waals surface area contributed by atoms with Crippen LogP contribution in [0.4, 0.5) is 5.95 Å². The zero-order valence-electron chi connectivity index (χ0n) is 15.1. The average molecular weight is 379 g/mol. The molecule has 0 saturated carbocycles. The number of aromatic nitrogens is 3. The third kappa shape index (κ3) is 4.74. The Labute approximate surface area is 158 Å². The van der Waals surface area contributed by atoms with E-state index in [0.29, 0.717) is 25.0 Å². The maximum absolute atomic E-state index is 6.09. The maximum atomic E-state index is 6.09. The summed E-state index contributed by atoms with van der Waals surface area (Å²) in [5.74, 6) is 2.82. The fourth-order valence-corrected chi connectivity index (χ4v) is 3.06. The largest absolute Gasteiger partial charge is 0.493 e. The van der Waals surface area contributed by atoms with Crippen LogP contribution in [0.25, 0.3) is 0 Å². The number of rotatable bonds is 7. The van der Waals surface area contributed by atoms with E-state index in [1.54, 1.807) is 14.2 Å². The van der Waals surface area contributed by atoms with Gasteiger partial charge in [0.05, 0.1) is 27.4 Å². The van der Waals surface area contributed by atoms with Crippen molar-refractivity contribution < 1.29 is 14.2 Å². The van der Waals surface area contributed by atoms with Crippen molar-refractivity contribution in [2.24, 2.45) is 0 Å². The molecule has 0 radical (unpaired) electrons. The fraction of sp³-hybridized carbons (Fsp3) is 0.500. The van der Waals surface area contributed by atoms with Crippen molar-refractivity contribution in [3.63, 3.8) is 0 Å². The molecule has 1 saturated heterocycles. The summed E-state index contributed by atoms with van der Waals surface area (Å²) >= 11 is 6.09. The van der Waals surface area contributed by atoms with Crippen LogP contribution in [0.3, 0.4) is 0 Å². The quantitative estimate of drug-likeness (QED) is 0.733. The first-order valence-corrected chi connectivity index (χ1v) is 9.01. The second-order valence-corrected chi connectivity index (χ2v) is 6.30. The average Bonchev–Trinajstić information content (AvgIpc) is 2.68. The number of hydrogen-bond acceptors (Lipinski definition) is 7. The van der Waals surface area contributed by atoms with Crippen LogP contribution in [-0.4, -0.2) is 55.5 Å². The molecule has 1 aromatic carbocycles. The summed E-state index contributed by atoms with van der Waals surface area (Å²) in [6.45, 7) is 2.90. The van der Waals surface area contributed by atoms with Crippen molar-refractivity contribution in [3.05, 3.63) is 34.9 Å². The number of hydrogen-bond donors (Lipinski definition) is 0. The molecule has 1 fully saturated rings. The highest BCUT2D eigenvalue weighted by molar-refractivity contribution is 6.28. The Balaban J connectivity index is 1.62. The lowest BCUT2D eigenvalue weighted by Crippen LogP contribution is -2.37. The predicted molar refractivity (Wildman–Crippen MR) is 99.4 cm³/mol. The van der Waals surface area contributed by atoms with E-state index in [2.05, 4.69) is 19.9 Å². The van der Waals surface area contributed by atoms with Gasteiger partial charge in [-0.3, -0.25) is 0 Å². The van der Waals surface area contributed by atoms with E-state index < -0.39 is 0 Å². The molecule has 0 N–H and O–H groups in total. The van der Waals surface area contributed by atoms with Crippen LogP contribution in [0.5, 0.6) is 11.5 Å². The number of ether oxygens (including phenoxy) is 3. The number of nitrogens with zero attached hydrogens (tertiary/aromatic N) is 4. The molecule has 0 spiro atoms. The number of anilines is 1. The van der Waals surface area contributed by atoms with Gasteiger partial charge in [-0.05, 0) is 42.1 Å². The van der Waals surface area contributed by atoms with Crippen LogP contribution in [0.15, 0.2) is 18.2 Å². The molecule has 1 aliphatic rings. The van der Waals surface area contributed by atoms with E-state index >= 15 is 0 Å². The van der Waals surface area contributed by atoms with Crippen LogP contribution in [0.2, 0.25) is 5.28 Å². The van der Waals surface area contributed by atoms with Gasteiger partial charge in [0, 0.05) is 19.5 Å². The molecule has 26 heavy (non-hydrogen) atoms. The second-order valence-electron chi connectivity index (χ2n) is 5.96. The molecule has 1 aromatic heterocycles. The van der Waals surface area contributed by atoms with E-state index in [0.717, 1.165) is 43.9 Å². The smallest absolute Gasteiger partial charge is 0.230 e. The van der Waals surface area contributed by atoms with Crippen LogP contribution in [0, 0.1) is 0 Å². The lowest BCUT2D eigenvalue weighted by molar-refractivity contribution is 0.122. The van der Waals surface area contributed by atoms with Gasteiger partial charge in [-0.25, -0.2) is 4.98 Å². The van der Waals surface area contributed by atoms with Gasteiger partial charge < -0.3 is 19.1 Å². The summed E-state index contributed by atoms with van der Waals surface area (Å²) in [6, 6.07) is 5.96. The highest BCUT2D eigenvalue weighted by Gasteiger charge is 2.16. The summed E-state index contributed by atoms with van der Waals surface area (Å²) in [5, 5.41) is 0.239. The Kier molecular flexibility index (Phi) is 6.46. The van der Waals surface area contributed by atoms with Crippen molar-refractivity contribution >= 4 is 17.5 Å². The van der Waals surface area contributed by atoms with E-state index in [1.807, 2.05) is 18.2 Å². The van der Waals surface area contributed by atoms with E-state index in [9.17, 15) is 0 Å². The Morgan fingerprint density at radius 2 is 1.81 bits per heavy atom. The molecular weight excluding hydrogens is 356 g/mol. The number of halogens is 1. The summed E-state index contributed by atoms with van der Waals surface area (Å²) < 4.78 is 16.0. The van der Waals surface area contributed by atoms with Gasteiger partial charge in [0.1, 0.15) is 5.82 Å². The lowest BCUT2D eigenvalue weighted by Gasteiger charge is -2.26. The monoisotopic (exact) mass is 378 g/mol. The topological polar surface area (TPSA) is 69.6 Å². The summed E-state index contributed by atoms with van der Waals surface area (Å²) in [5.41, 5.74) is 1.18. The Bertz CT molecular complexity index is 738. The minimum atomic E-state index is 0.239. The van der Waals surface area contributed by atoms with Crippen molar-refractivity contribution in [1.82, 2.24) is 15.0 Å². The predicted octanol–water partition coefficient (Wildman–Crippen LogP) is 2.55. The fourth-order valence-electron chi connectivity index (χ4n) is 2.88. The van der Waals surface area contributed by atoms with E-state index in [1.165, 1.54) is 5.56 Å². The molecule has 1 aliphatic heterocycles. The molecular formula is C18H23ClN4O3. The normalized spacial score (nSPS) is 14.3. The highest BCUT2D eigenvalue weighted by Crippen LogP contribution is 2.28. The Morgan fingerprint density at radius 3 is 2.54 bits per heavy atom. The van der Waals surface area contributed by atoms with E-state index in [-0.39, 0.29) is 5.28 Å². The van der Waals surface area contributed by atoms with Gasteiger partial charge in [-0.1, -0.05) is 6.07 Å². The standard InChI is InChI=1S/C18H23ClN4O3/c1-24-14-7-6-13(12-15(14)25-2)4-3-5-16-20-17(19)22-18(21-16)23-8-10-26-11-9-23/h6-7,12H,3-5,8-11H2,1-2H3. The van der Waals surface area contributed by atoms with Crippen LogP contribution in [-0.2, 0) is 17.6 Å². The molecule has 2 heterocycles. The third-order valence-electron chi connectivity index (χ3n) is 4.25. The molecule has 140 valence electrons. The molecule has 0 unspecified atom stereocenters. The van der Waals surface area contributed by atoms with Gasteiger partial charge in [0.2, 0.25) is 11.2 Å². The molecule has 0 bridgehead atoms. The summed E-state index contributed by atoms with van der Waals surface area (Å²) in [6.07, 6.45) is 2.52. The second kappa shape index (κ2) is 9.00. The van der Waals surface area contributed by atoms with Crippen molar-refractivity contribution in [2.75, 3.05) is 45.4 Å². The Hall–Kier alpha value is -2.12. The van der Waals surface area contributed by atoms with Crippen molar-refractivity contribution in [3.8, 4) is 11.5 Å². The van der Waals surface area contributed by atoms with Gasteiger partial charge in [0.15, 0.2) is 11.5 Å². The molecule has 2 aromatic rings. The zero-order valence-corrected chi connectivity index (χ0v) is 15.8. The highest BCUT2D eigenvalue weighted by atomic mass is 35.5. The molecule has 0 aliphatic carbocycles.